The first-order valence-electron chi connectivity index (χ1n) is 6.66. The molecule has 0 aromatic heterocycles. The highest BCUT2D eigenvalue weighted by Crippen LogP contribution is 2.38. The van der Waals surface area contributed by atoms with Crippen molar-refractivity contribution in [1.82, 2.24) is 0 Å². The molecule has 1 unspecified atom stereocenters. The highest BCUT2D eigenvalue weighted by molar-refractivity contribution is 9.09. The molecule has 1 nitrogen and oxygen atoms in total. The average molecular weight is 337 g/mol. The predicted octanol–water partition coefficient (Wildman–Crippen LogP) is 5.33. The lowest BCUT2D eigenvalue weighted by atomic mass is 10.00. The molecule has 3 heteroatoms. The van der Waals surface area contributed by atoms with E-state index >= 15 is 0 Å². The third kappa shape index (κ3) is 3.21. The summed E-state index contributed by atoms with van der Waals surface area (Å²) in [6, 6.07) is 11.1. The molecule has 0 aliphatic rings. The lowest BCUT2D eigenvalue weighted by Crippen LogP contribution is -2.02. The standard InChI is InChI=1S/C17H18BrFO/c1-4-20-16-8-6-12(3)10-14(16)17(18)13-9-11(2)5-7-15(13)19/h5-10,17H,4H2,1-3H3. The van der Waals surface area contributed by atoms with Crippen LogP contribution in [0.15, 0.2) is 36.4 Å². The molecule has 0 radical (unpaired) electrons. The molecule has 0 aliphatic heterocycles. The fourth-order valence-electron chi connectivity index (χ4n) is 2.18. The van der Waals surface area contributed by atoms with Gasteiger partial charge in [0.1, 0.15) is 11.6 Å². The van der Waals surface area contributed by atoms with Gasteiger partial charge in [-0.25, -0.2) is 4.39 Å². The van der Waals surface area contributed by atoms with E-state index in [0.717, 1.165) is 22.4 Å². The Morgan fingerprint density at radius 1 is 1.05 bits per heavy atom. The van der Waals surface area contributed by atoms with Crippen molar-refractivity contribution < 1.29 is 9.13 Å². The Labute approximate surface area is 127 Å². The van der Waals surface area contributed by atoms with E-state index < -0.39 is 0 Å². The van der Waals surface area contributed by atoms with Crippen molar-refractivity contribution in [2.75, 3.05) is 6.61 Å². The van der Waals surface area contributed by atoms with Crippen LogP contribution in [0.1, 0.15) is 34.0 Å². The SMILES string of the molecule is CCOc1ccc(C)cc1C(Br)c1cc(C)ccc1F. The highest BCUT2D eigenvalue weighted by Gasteiger charge is 2.19. The summed E-state index contributed by atoms with van der Waals surface area (Å²) < 4.78 is 19.7. The minimum Gasteiger partial charge on any atom is -0.494 e. The van der Waals surface area contributed by atoms with Crippen LogP contribution in [0.25, 0.3) is 0 Å². The van der Waals surface area contributed by atoms with E-state index in [2.05, 4.69) is 15.9 Å². The number of hydrogen-bond donors (Lipinski definition) is 0. The molecule has 2 rings (SSSR count). The number of halogens is 2. The van der Waals surface area contributed by atoms with E-state index in [1.54, 1.807) is 6.07 Å². The molecule has 0 saturated heterocycles. The predicted molar refractivity (Wildman–Crippen MR) is 84.3 cm³/mol. The van der Waals surface area contributed by atoms with Crippen LogP contribution in [0, 0.1) is 19.7 Å². The van der Waals surface area contributed by atoms with Crippen molar-refractivity contribution in [2.24, 2.45) is 0 Å². The van der Waals surface area contributed by atoms with Crippen molar-refractivity contribution in [3.8, 4) is 5.75 Å². The van der Waals surface area contributed by atoms with Gasteiger partial charge >= 0.3 is 0 Å². The van der Waals surface area contributed by atoms with Gasteiger partial charge in [0, 0.05) is 11.1 Å². The summed E-state index contributed by atoms with van der Waals surface area (Å²) >= 11 is 3.61. The maximum absolute atomic E-state index is 14.1. The van der Waals surface area contributed by atoms with Gasteiger partial charge in [0.05, 0.1) is 11.4 Å². The zero-order valence-corrected chi connectivity index (χ0v) is 13.5. The largest absolute Gasteiger partial charge is 0.494 e. The van der Waals surface area contributed by atoms with Crippen LogP contribution in [0.4, 0.5) is 4.39 Å². The first kappa shape index (κ1) is 15.0. The summed E-state index contributed by atoms with van der Waals surface area (Å²) in [6.07, 6.45) is 0. The van der Waals surface area contributed by atoms with Gasteiger partial charge in [0.15, 0.2) is 0 Å². The monoisotopic (exact) mass is 336 g/mol. The highest BCUT2D eigenvalue weighted by atomic mass is 79.9. The van der Waals surface area contributed by atoms with Crippen LogP contribution in [0.2, 0.25) is 0 Å². The lowest BCUT2D eigenvalue weighted by molar-refractivity contribution is 0.337. The van der Waals surface area contributed by atoms with Gasteiger partial charge in [-0.2, -0.15) is 0 Å². The number of alkyl halides is 1. The Morgan fingerprint density at radius 2 is 1.65 bits per heavy atom. The Morgan fingerprint density at radius 3 is 2.30 bits per heavy atom. The smallest absolute Gasteiger partial charge is 0.127 e. The molecular weight excluding hydrogens is 319 g/mol. The molecule has 0 saturated carbocycles. The van der Waals surface area contributed by atoms with E-state index in [1.165, 1.54) is 6.07 Å². The second-order valence-electron chi connectivity index (χ2n) is 4.86. The number of benzene rings is 2. The van der Waals surface area contributed by atoms with Gasteiger partial charge in [-0.3, -0.25) is 0 Å². The van der Waals surface area contributed by atoms with Crippen molar-refractivity contribution >= 4 is 15.9 Å². The Balaban J connectivity index is 2.49. The van der Waals surface area contributed by atoms with Crippen molar-refractivity contribution in [3.05, 3.63) is 64.5 Å². The van der Waals surface area contributed by atoms with Crippen molar-refractivity contribution in [1.29, 1.82) is 0 Å². The van der Waals surface area contributed by atoms with E-state index in [4.69, 9.17) is 4.74 Å². The molecular formula is C17H18BrFO. The molecule has 0 aliphatic carbocycles. The molecule has 0 spiro atoms. The van der Waals surface area contributed by atoms with E-state index in [-0.39, 0.29) is 10.6 Å². The molecule has 1 atom stereocenters. The van der Waals surface area contributed by atoms with Crippen LogP contribution < -0.4 is 4.74 Å². The summed E-state index contributed by atoms with van der Waals surface area (Å²) in [5.74, 6) is 0.585. The molecule has 0 heterocycles. The summed E-state index contributed by atoms with van der Waals surface area (Å²) in [6.45, 7) is 6.51. The van der Waals surface area contributed by atoms with Gasteiger partial charge in [0.25, 0.3) is 0 Å². The van der Waals surface area contributed by atoms with Gasteiger partial charge in [0.2, 0.25) is 0 Å². The Hall–Kier alpha value is -1.35. The maximum Gasteiger partial charge on any atom is 0.127 e. The molecule has 0 amide bonds. The average Bonchev–Trinajstić information content (AvgIpc) is 2.43. The van der Waals surface area contributed by atoms with E-state index in [0.29, 0.717) is 12.2 Å². The van der Waals surface area contributed by atoms with Crippen molar-refractivity contribution in [2.45, 2.75) is 25.6 Å². The van der Waals surface area contributed by atoms with Crippen molar-refractivity contribution in [3.63, 3.8) is 0 Å². The molecule has 0 fully saturated rings. The van der Waals surface area contributed by atoms with Gasteiger partial charge in [-0.15, -0.1) is 0 Å². The zero-order valence-electron chi connectivity index (χ0n) is 11.9. The van der Waals surface area contributed by atoms with Crippen LogP contribution in [0.5, 0.6) is 5.75 Å². The zero-order chi connectivity index (χ0) is 14.7. The quantitative estimate of drug-likeness (QED) is 0.686. The first-order chi connectivity index (χ1) is 9.52. The lowest BCUT2D eigenvalue weighted by Gasteiger charge is -2.17. The Kier molecular flexibility index (Phi) is 4.81. The second-order valence-corrected chi connectivity index (χ2v) is 5.78. The number of aryl methyl sites for hydroxylation is 2. The van der Waals surface area contributed by atoms with Gasteiger partial charge < -0.3 is 4.74 Å². The van der Waals surface area contributed by atoms with Gasteiger partial charge in [-0.1, -0.05) is 51.3 Å². The van der Waals surface area contributed by atoms with Crippen LogP contribution >= 0.6 is 15.9 Å². The minimum absolute atomic E-state index is 0.207. The fourth-order valence-corrected chi connectivity index (χ4v) is 2.89. The van der Waals surface area contributed by atoms with Crippen LogP contribution in [0.3, 0.4) is 0 Å². The normalized spacial score (nSPS) is 12.2. The number of rotatable bonds is 4. The van der Waals surface area contributed by atoms with Gasteiger partial charge in [-0.05, 0) is 32.9 Å². The molecule has 20 heavy (non-hydrogen) atoms. The third-order valence-electron chi connectivity index (χ3n) is 3.16. The summed E-state index contributed by atoms with van der Waals surface area (Å²) in [4.78, 5) is -0.219. The van der Waals surface area contributed by atoms with Crippen LogP contribution in [-0.4, -0.2) is 6.61 Å². The second kappa shape index (κ2) is 6.40. The topological polar surface area (TPSA) is 9.23 Å². The first-order valence-corrected chi connectivity index (χ1v) is 7.58. The molecule has 2 aromatic carbocycles. The van der Waals surface area contributed by atoms with E-state index in [1.807, 2.05) is 45.0 Å². The minimum atomic E-state index is -0.219. The fraction of sp³-hybridized carbons (Fsp3) is 0.294. The molecule has 0 bridgehead atoms. The molecule has 0 N–H and O–H groups in total. The molecule has 106 valence electrons. The maximum atomic E-state index is 14.1. The van der Waals surface area contributed by atoms with E-state index in [9.17, 15) is 4.39 Å². The number of hydrogen-bond acceptors (Lipinski definition) is 1. The summed E-state index contributed by atoms with van der Waals surface area (Å²) in [5, 5.41) is 0. The summed E-state index contributed by atoms with van der Waals surface area (Å²) in [5.41, 5.74) is 3.75. The summed E-state index contributed by atoms with van der Waals surface area (Å²) in [7, 11) is 0. The molecule has 2 aromatic rings. The Bertz CT molecular complexity index is 610. The number of ether oxygens (including phenoxy) is 1. The third-order valence-corrected chi connectivity index (χ3v) is 4.15. The van der Waals surface area contributed by atoms with Crippen LogP contribution in [-0.2, 0) is 0 Å².